The Morgan fingerprint density at radius 3 is 2.82 bits per heavy atom. The summed E-state index contributed by atoms with van der Waals surface area (Å²) in [6.45, 7) is 2.01. The number of hydrogen-bond acceptors (Lipinski definition) is 3. The van der Waals surface area contributed by atoms with Gasteiger partial charge >= 0.3 is 5.97 Å². The Hall–Kier alpha value is -1.12. The molecular weight excluding hydrogens is 144 g/mol. The summed E-state index contributed by atoms with van der Waals surface area (Å²) in [4.78, 5) is 21.9. The van der Waals surface area contributed by atoms with Crippen LogP contribution in [0.1, 0.15) is 13.3 Å². The zero-order valence-corrected chi connectivity index (χ0v) is 6.37. The number of Topliss-reactive ketones (excluding diaryl/α,β-unsaturated/α-hetero) is 1. The van der Waals surface area contributed by atoms with Crippen molar-refractivity contribution in [2.24, 2.45) is 5.92 Å². The summed E-state index contributed by atoms with van der Waals surface area (Å²) in [5.41, 5.74) is 0. The van der Waals surface area contributed by atoms with E-state index in [-0.39, 0.29) is 12.4 Å². The summed E-state index contributed by atoms with van der Waals surface area (Å²) in [6.07, 6.45) is 3.61. The molecule has 1 unspecified atom stereocenters. The van der Waals surface area contributed by atoms with E-state index in [1.807, 2.05) is 0 Å². The van der Waals surface area contributed by atoms with E-state index in [1.54, 1.807) is 19.1 Å². The quantitative estimate of drug-likeness (QED) is 0.317. The van der Waals surface area contributed by atoms with Gasteiger partial charge in [0.2, 0.25) is 0 Å². The molecule has 0 aliphatic carbocycles. The lowest BCUT2D eigenvalue weighted by molar-refractivity contribution is -0.155. The monoisotopic (exact) mass is 154 g/mol. The first-order chi connectivity index (χ1) is 5.25. The van der Waals surface area contributed by atoms with E-state index >= 15 is 0 Å². The third-order valence-corrected chi connectivity index (χ3v) is 1.58. The molecule has 0 aromatic rings. The number of hydrogen-bond donors (Lipinski definition) is 0. The number of cyclic esters (lactones) is 1. The van der Waals surface area contributed by atoms with E-state index in [0.717, 1.165) is 0 Å². The normalized spacial score (nSPS) is 25.7. The molecule has 1 rings (SSSR count). The highest BCUT2D eigenvalue weighted by Gasteiger charge is 2.28. The van der Waals surface area contributed by atoms with Crippen molar-refractivity contribution in [1.82, 2.24) is 0 Å². The minimum absolute atomic E-state index is 0.0423. The van der Waals surface area contributed by atoms with Gasteiger partial charge in [-0.2, -0.15) is 0 Å². The van der Waals surface area contributed by atoms with Crippen molar-refractivity contribution in [2.45, 2.75) is 13.3 Å². The smallest absolute Gasteiger partial charge is 0.320 e. The highest BCUT2D eigenvalue weighted by molar-refractivity contribution is 6.02. The Morgan fingerprint density at radius 1 is 1.55 bits per heavy atom. The van der Waals surface area contributed by atoms with Crippen molar-refractivity contribution in [2.75, 3.05) is 6.61 Å². The maximum atomic E-state index is 11.0. The number of carbonyl (C=O) groups excluding carboxylic acids is 2. The van der Waals surface area contributed by atoms with Gasteiger partial charge in [-0.3, -0.25) is 9.59 Å². The molecule has 1 saturated heterocycles. The zero-order chi connectivity index (χ0) is 8.27. The molecule has 1 aliphatic heterocycles. The van der Waals surface area contributed by atoms with Gasteiger partial charge in [-0.1, -0.05) is 12.2 Å². The van der Waals surface area contributed by atoms with Crippen molar-refractivity contribution in [3.05, 3.63) is 12.2 Å². The predicted molar refractivity (Wildman–Crippen MR) is 38.9 cm³/mol. The van der Waals surface area contributed by atoms with E-state index in [9.17, 15) is 9.59 Å². The second-order valence-electron chi connectivity index (χ2n) is 2.39. The Kier molecular flexibility index (Phi) is 2.41. The van der Waals surface area contributed by atoms with Gasteiger partial charge in [0.05, 0.1) is 6.61 Å². The fourth-order valence-corrected chi connectivity index (χ4v) is 1.01. The van der Waals surface area contributed by atoms with E-state index in [4.69, 9.17) is 4.74 Å². The molecule has 3 heteroatoms. The molecule has 1 atom stereocenters. The average molecular weight is 154 g/mol. The first-order valence-corrected chi connectivity index (χ1v) is 3.58. The molecule has 60 valence electrons. The summed E-state index contributed by atoms with van der Waals surface area (Å²) in [7, 11) is 0. The van der Waals surface area contributed by atoms with Crippen LogP contribution in [0.5, 0.6) is 0 Å². The van der Waals surface area contributed by atoms with Crippen molar-refractivity contribution in [3.8, 4) is 0 Å². The van der Waals surface area contributed by atoms with Crippen molar-refractivity contribution in [1.29, 1.82) is 0 Å². The van der Waals surface area contributed by atoms with Crippen LogP contribution in [0.4, 0.5) is 0 Å². The Bertz CT molecular complexity index is 189. The van der Waals surface area contributed by atoms with Gasteiger partial charge in [-0.05, 0) is 6.92 Å². The SMILES string of the molecule is C/C=C\C1C(=O)CCOC1=O. The van der Waals surface area contributed by atoms with Gasteiger partial charge < -0.3 is 4.74 Å². The van der Waals surface area contributed by atoms with Crippen LogP contribution in [0.15, 0.2) is 12.2 Å². The summed E-state index contributed by atoms with van der Waals surface area (Å²) < 4.78 is 4.70. The summed E-state index contributed by atoms with van der Waals surface area (Å²) in [5, 5.41) is 0. The van der Waals surface area contributed by atoms with E-state index in [0.29, 0.717) is 6.42 Å². The Labute approximate surface area is 65.0 Å². The maximum Gasteiger partial charge on any atom is 0.320 e. The molecule has 1 aliphatic rings. The molecule has 0 aromatic carbocycles. The second kappa shape index (κ2) is 3.32. The molecule has 11 heavy (non-hydrogen) atoms. The summed E-state index contributed by atoms with van der Waals surface area (Å²) >= 11 is 0. The maximum absolute atomic E-state index is 11.0. The molecule has 0 radical (unpaired) electrons. The fourth-order valence-electron chi connectivity index (χ4n) is 1.01. The molecule has 0 bridgehead atoms. The number of esters is 1. The fraction of sp³-hybridized carbons (Fsp3) is 0.500. The number of allylic oxidation sites excluding steroid dienone is 1. The van der Waals surface area contributed by atoms with Gasteiger partial charge in [-0.25, -0.2) is 0 Å². The van der Waals surface area contributed by atoms with Crippen LogP contribution in [0.25, 0.3) is 0 Å². The second-order valence-corrected chi connectivity index (χ2v) is 2.39. The molecule has 0 N–H and O–H groups in total. The lowest BCUT2D eigenvalue weighted by atomic mass is 9.99. The first kappa shape index (κ1) is 7.98. The van der Waals surface area contributed by atoms with Crippen LogP contribution in [0.3, 0.4) is 0 Å². The highest BCUT2D eigenvalue weighted by Crippen LogP contribution is 2.12. The van der Waals surface area contributed by atoms with Crippen LogP contribution >= 0.6 is 0 Å². The summed E-state index contributed by atoms with van der Waals surface area (Å²) in [5.74, 6) is -1.10. The molecule has 0 amide bonds. The van der Waals surface area contributed by atoms with Crippen LogP contribution in [0, 0.1) is 5.92 Å². The van der Waals surface area contributed by atoms with Crippen LogP contribution in [-0.4, -0.2) is 18.4 Å². The zero-order valence-electron chi connectivity index (χ0n) is 6.37. The molecule has 3 nitrogen and oxygen atoms in total. The Morgan fingerprint density at radius 2 is 2.27 bits per heavy atom. The Balaban J connectivity index is 2.70. The lowest BCUT2D eigenvalue weighted by Crippen LogP contribution is -2.31. The van der Waals surface area contributed by atoms with Crippen molar-refractivity contribution >= 4 is 11.8 Å². The van der Waals surface area contributed by atoms with Gasteiger partial charge in [-0.15, -0.1) is 0 Å². The molecule has 0 spiro atoms. The van der Waals surface area contributed by atoms with Gasteiger partial charge in [0.25, 0.3) is 0 Å². The van der Waals surface area contributed by atoms with E-state index < -0.39 is 11.9 Å². The molecule has 0 saturated carbocycles. The number of ether oxygens (including phenoxy) is 1. The topological polar surface area (TPSA) is 43.4 Å². The van der Waals surface area contributed by atoms with Crippen molar-refractivity contribution in [3.63, 3.8) is 0 Å². The van der Waals surface area contributed by atoms with Crippen LogP contribution in [0.2, 0.25) is 0 Å². The van der Waals surface area contributed by atoms with E-state index in [1.165, 1.54) is 0 Å². The number of carbonyl (C=O) groups is 2. The minimum atomic E-state index is -0.645. The summed E-state index contributed by atoms with van der Waals surface area (Å²) in [6, 6.07) is 0. The third kappa shape index (κ3) is 1.67. The number of rotatable bonds is 1. The molecule has 1 heterocycles. The molecular formula is C8H10O3. The van der Waals surface area contributed by atoms with Gasteiger partial charge in [0, 0.05) is 6.42 Å². The average Bonchev–Trinajstić information content (AvgIpc) is 1.97. The van der Waals surface area contributed by atoms with Crippen molar-refractivity contribution < 1.29 is 14.3 Å². The minimum Gasteiger partial charge on any atom is -0.464 e. The standard InChI is InChI=1S/C8H10O3/c1-2-3-6-7(9)4-5-11-8(6)10/h2-3,6H,4-5H2,1H3/b3-2-. The number of ketones is 1. The van der Waals surface area contributed by atoms with Gasteiger partial charge in [0.15, 0.2) is 5.78 Å². The highest BCUT2D eigenvalue weighted by atomic mass is 16.5. The first-order valence-electron chi connectivity index (χ1n) is 3.58. The molecule has 1 fully saturated rings. The lowest BCUT2D eigenvalue weighted by Gasteiger charge is -2.16. The van der Waals surface area contributed by atoms with E-state index in [2.05, 4.69) is 0 Å². The largest absolute Gasteiger partial charge is 0.464 e. The van der Waals surface area contributed by atoms with Crippen LogP contribution in [-0.2, 0) is 14.3 Å². The van der Waals surface area contributed by atoms with Crippen LogP contribution < -0.4 is 0 Å². The van der Waals surface area contributed by atoms with Gasteiger partial charge in [0.1, 0.15) is 5.92 Å². The predicted octanol–water partition coefficient (Wildman–Crippen LogP) is 0.695. The molecule has 0 aromatic heterocycles. The third-order valence-electron chi connectivity index (χ3n) is 1.58.